The zero-order valence-electron chi connectivity index (χ0n) is 13.1. The molecule has 1 heterocycles. The van der Waals surface area contributed by atoms with Crippen LogP contribution in [0.1, 0.15) is 24.1 Å². The molecule has 2 N–H and O–H groups in total. The molecular weight excluding hydrogens is 288 g/mol. The van der Waals surface area contributed by atoms with Crippen LogP contribution in [0.3, 0.4) is 0 Å². The van der Waals surface area contributed by atoms with Crippen LogP contribution in [0, 0.1) is 0 Å². The lowest BCUT2D eigenvalue weighted by Crippen LogP contribution is -2.35. The van der Waals surface area contributed by atoms with Crippen molar-refractivity contribution >= 4 is 17.4 Å². The number of hydrogen-bond acceptors (Lipinski definition) is 3. The van der Waals surface area contributed by atoms with Gasteiger partial charge in [-0.1, -0.05) is 30.3 Å². The molecule has 0 bridgehead atoms. The molecule has 3 rings (SSSR count). The third-order valence-electron chi connectivity index (χ3n) is 4.09. The van der Waals surface area contributed by atoms with Crippen molar-refractivity contribution in [1.29, 1.82) is 0 Å². The predicted molar refractivity (Wildman–Crippen MR) is 91.4 cm³/mol. The Hall–Kier alpha value is -2.75. The topological polar surface area (TPSA) is 55.6 Å². The standard InChI is InChI=1S/C19H20N2O2/c1-14(15-5-3-2-4-6-15)21-12-11-18(23-13-19(21)22)16-7-9-17(20)10-8-16/h2-11,14H,12-13,20H2,1H3. The Morgan fingerprint density at radius 3 is 2.48 bits per heavy atom. The fourth-order valence-electron chi connectivity index (χ4n) is 2.70. The Morgan fingerprint density at radius 2 is 1.78 bits per heavy atom. The molecule has 0 aromatic heterocycles. The van der Waals surface area contributed by atoms with Gasteiger partial charge < -0.3 is 15.4 Å². The number of carbonyl (C=O) groups excluding carboxylic acids is 1. The van der Waals surface area contributed by atoms with Crippen LogP contribution in [-0.2, 0) is 9.53 Å². The second-order valence-electron chi connectivity index (χ2n) is 5.61. The van der Waals surface area contributed by atoms with E-state index in [1.807, 2.05) is 72.5 Å². The summed E-state index contributed by atoms with van der Waals surface area (Å²) in [7, 11) is 0. The summed E-state index contributed by atoms with van der Waals surface area (Å²) in [4.78, 5) is 14.2. The molecule has 1 amide bonds. The molecule has 0 aliphatic carbocycles. The van der Waals surface area contributed by atoms with Gasteiger partial charge >= 0.3 is 0 Å². The van der Waals surface area contributed by atoms with Gasteiger partial charge in [-0.15, -0.1) is 0 Å². The monoisotopic (exact) mass is 308 g/mol. The smallest absolute Gasteiger partial charge is 0.261 e. The van der Waals surface area contributed by atoms with Gasteiger partial charge in [0.25, 0.3) is 5.91 Å². The van der Waals surface area contributed by atoms with Crippen LogP contribution in [-0.4, -0.2) is 24.0 Å². The van der Waals surface area contributed by atoms with Gasteiger partial charge in [0.1, 0.15) is 5.76 Å². The number of ether oxygens (including phenoxy) is 1. The minimum absolute atomic E-state index is 0.00863. The van der Waals surface area contributed by atoms with Gasteiger partial charge in [0.15, 0.2) is 6.61 Å². The summed E-state index contributed by atoms with van der Waals surface area (Å²) >= 11 is 0. The van der Waals surface area contributed by atoms with Crippen molar-refractivity contribution in [2.24, 2.45) is 0 Å². The second-order valence-corrected chi connectivity index (χ2v) is 5.61. The molecular formula is C19H20N2O2. The van der Waals surface area contributed by atoms with Gasteiger partial charge in [-0.25, -0.2) is 0 Å². The highest BCUT2D eigenvalue weighted by Gasteiger charge is 2.24. The Labute approximate surface area is 136 Å². The van der Waals surface area contributed by atoms with E-state index in [0.29, 0.717) is 12.2 Å². The van der Waals surface area contributed by atoms with E-state index in [9.17, 15) is 4.79 Å². The number of rotatable bonds is 3. The Bertz CT molecular complexity index is 708. The number of anilines is 1. The van der Waals surface area contributed by atoms with Crippen LogP contribution in [0.2, 0.25) is 0 Å². The highest BCUT2D eigenvalue weighted by Crippen LogP contribution is 2.25. The van der Waals surface area contributed by atoms with Gasteiger partial charge in [-0.2, -0.15) is 0 Å². The molecule has 4 nitrogen and oxygen atoms in total. The van der Waals surface area contributed by atoms with Crippen LogP contribution < -0.4 is 5.73 Å². The summed E-state index contributed by atoms with van der Waals surface area (Å²) in [5.74, 6) is 0.712. The number of amides is 1. The number of nitrogens with two attached hydrogens (primary N) is 1. The van der Waals surface area contributed by atoms with E-state index in [0.717, 1.165) is 16.9 Å². The molecule has 1 aliphatic rings. The first-order chi connectivity index (χ1) is 11.1. The summed E-state index contributed by atoms with van der Waals surface area (Å²) < 4.78 is 5.69. The molecule has 118 valence electrons. The minimum atomic E-state index is -0.0111. The Balaban J connectivity index is 1.81. The van der Waals surface area contributed by atoms with Crippen LogP contribution in [0.15, 0.2) is 60.7 Å². The van der Waals surface area contributed by atoms with E-state index < -0.39 is 0 Å². The molecule has 0 radical (unpaired) electrons. The summed E-state index contributed by atoms with van der Waals surface area (Å²) in [5.41, 5.74) is 8.47. The van der Waals surface area contributed by atoms with Gasteiger partial charge in [0.2, 0.25) is 0 Å². The molecule has 1 unspecified atom stereocenters. The van der Waals surface area contributed by atoms with Crippen molar-refractivity contribution in [2.45, 2.75) is 13.0 Å². The largest absolute Gasteiger partial charge is 0.483 e. The maximum atomic E-state index is 12.4. The third kappa shape index (κ3) is 3.37. The maximum absolute atomic E-state index is 12.4. The molecule has 0 saturated carbocycles. The average Bonchev–Trinajstić information content (AvgIpc) is 2.78. The lowest BCUT2D eigenvalue weighted by atomic mass is 10.1. The van der Waals surface area contributed by atoms with Gasteiger partial charge in [0.05, 0.1) is 6.04 Å². The van der Waals surface area contributed by atoms with Crippen molar-refractivity contribution in [1.82, 2.24) is 4.90 Å². The van der Waals surface area contributed by atoms with Crippen molar-refractivity contribution in [3.05, 3.63) is 71.8 Å². The predicted octanol–water partition coefficient (Wildman–Crippen LogP) is 3.23. The van der Waals surface area contributed by atoms with Gasteiger partial charge in [0, 0.05) is 17.8 Å². The first-order valence-corrected chi connectivity index (χ1v) is 7.68. The number of nitrogens with zero attached hydrogens (tertiary/aromatic N) is 1. The van der Waals surface area contributed by atoms with E-state index in [4.69, 9.17) is 10.5 Å². The zero-order chi connectivity index (χ0) is 16.2. The number of benzene rings is 2. The Morgan fingerprint density at radius 1 is 1.09 bits per heavy atom. The fraction of sp³-hybridized carbons (Fsp3) is 0.211. The van der Waals surface area contributed by atoms with Crippen LogP contribution >= 0.6 is 0 Å². The van der Waals surface area contributed by atoms with E-state index in [1.165, 1.54) is 0 Å². The maximum Gasteiger partial charge on any atom is 0.261 e. The van der Waals surface area contributed by atoms with E-state index in [1.54, 1.807) is 0 Å². The summed E-state index contributed by atoms with van der Waals surface area (Å²) in [6, 6.07) is 17.5. The van der Waals surface area contributed by atoms with Gasteiger partial charge in [-0.05, 0) is 42.8 Å². The molecule has 1 aliphatic heterocycles. The fourth-order valence-corrected chi connectivity index (χ4v) is 2.70. The molecule has 4 heteroatoms. The molecule has 23 heavy (non-hydrogen) atoms. The number of hydrogen-bond donors (Lipinski definition) is 1. The quantitative estimate of drug-likeness (QED) is 0.886. The summed E-state index contributed by atoms with van der Waals surface area (Å²) in [5, 5.41) is 0. The first kappa shape index (κ1) is 15.2. The Kier molecular flexibility index (Phi) is 4.33. The lowest BCUT2D eigenvalue weighted by molar-refractivity contribution is -0.135. The number of nitrogen functional groups attached to an aromatic ring is 1. The van der Waals surface area contributed by atoms with Crippen molar-refractivity contribution in [3.63, 3.8) is 0 Å². The summed E-state index contributed by atoms with van der Waals surface area (Å²) in [6.45, 7) is 2.61. The molecule has 2 aromatic rings. The van der Waals surface area contributed by atoms with Crippen molar-refractivity contribution in [3.8, 4) is 0 Å². The minimum Gasteiger partial charge on any atom is -0.483 e. The van der Waals surface area contributed by atoms with E-state index in [-0.39, 0.29) is 18.6 Å². The van der Waals surface area contributed by atoms with Crippen molar-refractivity contribution in [2.75, 3.05) is 18.9 Å². The van der Waals surface area contributed by atoms with E-state index in [2.05, 4.69) is 0 Å². The van der Waals surface area contributed by atoms with Crippen LogP contribution in [0.5, 0.6) is 0 Å². The normalized spacial score (nSPS) is 16.3. The summed E-state index contributed by atoms with van der Waals surface area (Å²) in [6.07, 6.45) is 1.95. The van der Waals surface area contributed by atoms with Gasteiger partial charge in [-0.3, -0.25) is 4.79 Å². The lowest BCUT2D eigenvalue weighted by Gasteiger charge is -2.27. The zero-order valence-corrected chi connectivity index (χ0v) is 13.1. The molecule has 0 fully saturated rings. The average molecular weight is 308 g/mol. The first-order valence-electron chi connectivity index (χ1n) is 7.68. The molecule has 2 aromatic carbocycles. The SMILES string of the molecule is CC(c1ccccc1)N1CC=C(c2ccc(N)cc2)OCC1=O. The van der Waals surface area contributed by atoms with Crippen LogP contribution in [0.25, 0.3) is 5.76 Å². The molecule has 0 saturated heterocycles. The number of carbonyl (C=O) groups is 1. The second kappa shape index (κ2) is 6.57. The highest BCUT2D eigenvalue weighted by molar-refractivity contribution is 5.80. The van der Waals surface area contributed by atoms with E-state index >= 15 is 0 Å². The molecule has 1 atom stereocenters. The van der Waals surface area contributed by atoms with Crippen molar-refractivity contribution < 1.29 is 9.53 Å². The molecule has 0 spiro atoms. The highest BCUT2D eigenvalue weighted by atomic mass is 16.5. The van der Waals surface area contributed by atoms with Crippen LogP contribution in [0.4, 0.5) is 5.69 Å². The third-order valence-corrected chi connectivity index (χ3v) is 4.09.